The molecule has 2 atom stereocenters. The van der Waals surface area contributed by atoms with Crippen LogP contribution in [-0.2, 0) is 27.9 Å². The van der Waals surface area contributed by atoms with Gasteiger partial charge in [-0.05, 0) is 57.8 Å². The quantitative estimate of drug-likeness (QED) is 0.0233. The highest BCUT2D eigenvalue weighted by molar-refractivity contribution is 7.47. The number of phosphoric acid groups is 1. The molecule has 0 aromatic rings. The SMILES string of the molecule is CCCC/C=C\CCCCCCCCOCC(COP(=O)(O)OCC[N+](C)(C)C)OC(=O)CCCCCCC/C=C\CCCCCC. The van der Waals surface area contributed by atoms with Crippen molar-refractivity contribution in [3.8, 4) is 0 Å². The van der Waals surface area contributed by atoms with E-state index in [1.807, 2.05) is 21.1 Å². The average Bonchev–Trinajstić information content (AvgIpc) is 3.01. The van der Waals surface area contributed by atoms with Crippen molar-refractivity contribution in [3.63, 3.8) is 0 Å². The third kappa shape index (κ3) is 36.1. The van der Waals surface area contributed by atoms with Crippen molar-refractivity contribution in [1.29, 1.82) is 0 Å². The first-order valence-electron chi connectivity index (χ1n) is 19.1. The zero-order valence-electron chi connectivity index (χ0n) is 31.3. The van der Waals surface area contributed by atoms with Gasteiger partial charge in [-0.3, -0.25) is 13.8 Å². The minimum atomic E-state index is -4.27. The van der Waals surface area contributed by atoms with Gasteiger partial charge in [0.15, 0.2) is 0 Å². The summed E-state index contributed by atoms with van der Waals surface area (Å²) in [4.78, 5) is 22.7. The van der Waals surface area contributed by atoms with Crippen molar-refractivity contribution in [3.05, 3.63) is 24.3 Å². The highest BCUT2D eigenvalue weighted by Crippen LogP contribution is 2.43. The molecule has 0 aliphatic carbocycles. The van der Waals surface area contributed by atoms with Crippen molar-refractivity contribution >= 4 is 13.8 Å². The Kier molecular flexibility index (Phi) is 31.5. The lowest BCUT2D eigenvalue weighted by molar-refractivity contribution is -0.870. The fourth-order valence-electron chi connectivity index (χ4n) is 4.94. The Bertz CT molecular complexity index is 812. The van der Waals surface area contributed by atoms with E-state index in [2.05, 4.69) is 38.2 Å². The molecule has 9 heteroatoms. The third-order valence-corrected chi connectivity index (χ3v) is 8.97. The molecule has 0 bridgehead atoms. The lowest BCUT2D eigenvalue weighted by Gasteiger charge is -2.24. The van der Waals surface area contributed by atoms with Gasteiger partial charge >= 0.3 is 13.8 Å². The molecule has 0 saturated heterocycles. The van der Waals surface area contributed by atoms with Gasteiger partial charge in [0.25, 0.3) is 0 Å². The van der Waals surface area contributed by atoms with Gasteiger partial charge < -0.3 is 18.9 Å². The molecule has 0 heterocycles. The third-order valence-electron chi connectivity index (χ3n) is 7.99. The minimum Gasteiger partial charge on any atom is -0.457 e. The van der Waals surface area contributed by atoms with E-state index in [4.69, 9.17) is 18.5 Å². The van der Waals surface area contributed by atoms with Crippen LogP contribution in [-0.4, -0.2) is 75.6 Å². The van der Waals surface area contributed by atoms with Gasteiger partial charge in [-0.15, -0.1) is 0 Å². The Labute approximate surface area is 290 Å². The first kappa shape index (κ1) is 46.0. The van der Waals surface area contributed by atoms with E-state index in [1.54, 1.807) is 0 Å². The standard InChI is InChI=1S/C38H74NO7P/c1-6-8-10-12-14-16-18-20-21-23-25-27-29-31-38(40)46-37(36-45-47(41,42)44-34-32-39(3,4)5)35-43-33-30-28-26-24-22-19-17-15-13-11-9-7-2/h13,15-16,18,37H,6-12,14,17,19-36H2,1-5H3/p+1/b15-13-,18-16-. The second-order valence-corrected chi connectivity index (χ2v) is 15.4. The lowest BCUT2D eigenvalue weighted by atomic mass is 10.1. The number of likely N-dealkylation sites (N-methyl/N-ethyl adjacent to an activating group) is 1. The maximum atomic E-state index is 12.6. The van der Waals surface area contributed by atoms with Crippen molar-refractivity contribution in [2.45, 2.75) is 161 Å². The topological polar surface area (TPSA) is 91.3 Å². The van der Waals surface area contributed by atoms with Crippen LogP contribution in [0.1, 0.15) is 155 Å². The zero-order chi connectivity index (χ0) is 34.9. The number of quaternary nitrogens is 1. The Morgan fingerprint density at radius 1 is 0.638 bits per heavy atom. The molecule has 0 spiro atoms. The number of ether oxygens (including phenoxy) is 2. The molecule has 0 rings (SSSR count). The number of phosphoric ester groups is 1. The van der Waals surface area contributed by atoms with Crippen LogP contribution in [0.2, 0.25) is 0 Å². The van der Waals surface area contributed by atoms with Gasteiger partial charge in [0.05, 0.1) is 34.4 Å². The van der Waals surface area contributed by atoms with Gasteiger partial charge in [-0.2, -0.15) is 0 Å². The van der Waals surface area contributed by atoms with E-state index in [0.717, 1.165) is 44.9 Å². The van der Waals surface area contributed by atoms with Crippen LogP contribution in [0, 0.1) is 0 Å². The fourth-order valence-corrected chi connectivity index (χ4v) is 5.68. The molecule has 0 aliphatic rings. The summed E-state index contributed by atoms with van der Waals surface area (Å²) in [6, 6.07) is 0. The normalized spacial score (nSPS) is 14.3. The van der Waals surface area contributed by atoms with E-state index in [1.165, 1.54) is 89.9 Å². The zero-order valence-corrected chi connectivity index (χ0v) is 32.2. The molecule has 0 aromatic heterocycles. The van der Waals surface area contributed by atoms with Gasteiger partial charge in [0, 0.05) is 13.0 Å². The van der Waals surface area contributed by atoms with Crippen LogP contribution < -0.4 is 0 Å². The van der Waals surface area contributed by atoms with Crippen molar-refractivity contribution in [2.75, 3.05) is 54.1 Å². The van der Waals surface area contributed by atoms with Crippen molar-refractivity contribution in [2.24, 2.45) is 0 Å². The van der Waals surface area contributed by atoms with Crippen molar-refractivity contribution < 1.29 is 37.3 Å². The van der Waals surface area contributed by atoms with Gasteiger partial charge in [-0.1, -0.05) is 115 Å². The molecule has 8 nitrogen and oxygen atoms in total. The molecule has 0 aromatic carbocycles. The number of allylic oxidation sites excluding steroid dienone is 4. The van der Waals surface area contributed by atoms with E-state index in [9.17, 15) is 14.3 Å². The molecule has 1 N–H and O–H groups in total. The highest BCUT2D eigenvalue weighted by Gasteiger charge is 2.26. The van der Waals surface area contributed by atoms with E-state index in [0.29, 0.717) is 24.1 Å². The Morgan fingerprint density at radius 2 is 1.13 bits per heavy atom. The summed E-state index contributed by atoms with van der Waals surface area (Å²) in [6.07, 6.45) is 33.4. The monoisotopic (exact) mass is 689 g/mol. The predicted octanol–water partition coefficient (Wildman–Crippen LogP) is 10.5. The summed E-state index contributed by atoms with van der Waals surface area (Å²) in [5, 5.41) is 0. The molecule has 2 unspecified atom stereocenters. The number of hydrogen-bond acceptors (Lipinski definition) is 6. The van der Waals surface area contributed by atoms with Crippen LogP contribution in [0.3, 0.4) is 0 Å². The van der Waals surface area contributed by atoms with Crippen LogP contribution in [0.25, 0.3) is 0 Å². The van der Waals surface area contributed by atoms with Gasteiger partial charge in [0.1, 0.15) is 19.3 Å². The smallest absolute Gasteiger partial charge is 0.457 e. The van der Waals surface area contributed by atoms with Crippen LogP contribution in [0.4, 0.5) is 0 Å². The van der Waals surface area contributed by atoms with Crippen LogP contribution in [0.15, 0.2) is 24.3 Å². The average molecular weight is 689 g/mol. The van der Waals surface area contributed by atoms with Crippen LogP contribution in [0.5, 0.6) is 0 Å². The fraction of sp³-hybridized carbons (Fsp3) is 0.868. The van der Waals surface area contributed by atoms with Gasteiger partial charge in [0.2, 0.25) is 0 Å². The Balaban J connectivity index is 4.33. The molecular weight excluding hydrogens is 613 g/mol. The Morgan fingerprint density at radius 3 is 1.68 bits per heavy atom. The minimum absolute atomic E-state index is 0.0865. The summed E-state index contributed by atoms with van der Waals surface area (Å²) in [5.74, 6) is -0.327. The molecule has 0 fully saturated rings. The van der Waals surface area contributed by atoms with Crippen molar-refractivity contribution in [1.82, 2.24) is 0 Å². The second-order valence-electron chi connectivity index (χ2n) is 13.9. The second kappa shape index (κ2) is 32.2. The molecule has 0 amide bonds. The first-order chi connectivity index (χ1) is 22.6. The lowest BCUT2D eigenvalue weighted by Crippen LogP contribution is -2.37. The molecule has 0 aliphatic heterocycles. The molecule has 278 valence electrons. The Hall–Kier alpha value is -1.02. The maximum absolute atomic E-state index is 12.6. The highest BCUT2D eigenvalue weighted by atomic mass is 31.2. The number of carbonyl (C=O) groups is 1. The van der Waals surface area contributed by atoms with E-state index >= 15 is 0 Å². The number of unbranched alkanes of at least 4 members (excludes halogenated alkanes) is 17. The van der Waals surface area contributed by atoms with Crippen LogP contribution >= 0.6 is 7.82 Å². The van der Waals surface area contributed by atoms with Gasteiger partial charge in [-0.25, -0.2) is 4.57 Å². The number of nitrogens with zero attached hydrogens (tertiary/aromatic N) is 1. The van der Waals surface area contributed by atoms with E-state index < -0.39 is 13.9 Å². The molecule has 0 radical (unpaired) electrons. The summed E-state index contributed by atoms with van der Waals surface area (Å²) in [7, 11) is 1.66. The number of esters is 1. The maximum Gasteiger partial charge on any atom is 0.472 e. The summed E-state index contributed by atoms with van der Waals surface area (Å²) in [5.41, 5.74) is 0. The number of carbonyl (C=O) groups excluding carboxylic acids is 1. The summed E-state index contributed by atoms with van der Waals surface area (Å²) < 4.78 is 34.8. The van der Waals surface area contributed by atoms with E-state index in [-0.39, 0.29) is 25.8 Å². The molecule has 0 saturated carbocycles. The first-order valence-corrected chi connectivity index (χ1v) is 20.6. The summed E-state index contributed by atoms with van der Waals surface area (Å²) in [6.45, 7) is 5.54. The summed E-state index contributed by atoms with van der Waals surface area (Å²) >= 11 is 0. The molecule has 47 heavy (non-hydrogen) atoms. The largest absolute Gasteiger partial charge is 0.472 e. The molecular formula is C38H75NO7P+. The number of hydrogen-bond donors (Lipinski definition) is 1. The number of rotatable bonds is 35. The predicted molar refractivity (Wildman–Crippen MR) is 197 cm³/mol.